The van der Waals surface area contributed by atoms with Gasteiger partial charge in [0.05, 0.1) is 11.7 Å². The lowest BCUT2D eigenvalue weighted by atomic mass is 9.99. The predicted octanol–water partition coefficient (Wildman–Crippen LogP) is 4.10. The van der Waals surface area contributed by atoms with Gasteiger partial charge in [-0.15, -0.1) is 0 Å². The lowest BCUT2D eigenvalue weighted by molar-refractivity contribution is -0.138. The van der Waals surface area contributed by atoms with E-state index in [0.717, 1.165) is 12.5 Å². The zero-order valence-corrected chi connectivity index (χ0v) is 11.5. The van der Waals surface area contributed by atoms with E-state index in [9.17, 15) is 13.2 Å². The summed E-state index contributed by atoms with van der Waals surface area (Å²) in [6.07, 6.45) is -2.57. The number of halogens is 3. The molecule has 0 aromatic heterocycles. The maximum atomic E-state index is 12.9. The summed E-state index contributed by atoms with van der Waals surface area (Å²) >= 11 is 0. The van der Waals surface area contributed by atoms with Crippen molar-refractivity contribution in [3.63, 3.8) is 0 Å². The molecule has 0 amide bonds. The van der Waals surface area contributed by atoms with Gasteiger partial charge in [0.2, 0.25) is 0 Å². The van der Waals surface area contributed by atoms with Gasteiger partial charge in [0.15, 0.2) is 0 Å². The van der Waals surface area contributed by atoms with Gasteiger partial charge in [-0.1, -0.05) is 6.92 Å². The molecule has 0 aliphatic carbocycles. The van der Waals surface area contributed by atoms with Crippen LogP contribution in [0.25, 0.3) is 0 Å². The largest absolute Gasteiger partial charge is 0.416 e. The smallest absolute Gasteiger partial charge is 0.388 e. The average Bonchev–Trinajstić information content (AvgIpc) is 2.38. The molecule has 0 radical (unpaired) electrons. The Morgan fingerprint density at radius 1 is 1.32 bits per heavy atom. The summed E-state index contributed by atoms with van der Waals surface area (Å²) in [5.41, 5.74) is 0.445. The van der Waals surface area contributed by atoms with Gasteiger partial charge >= 0.3 is 6.18 Å². The Morgan fingerprint density at radius 2 is 2.00 bits per heavy atom. The molecule has 1 atom stereocenters. The third-order valence-electron chi connectivity index (χ3n) is 3.22. The van der Waals surface area contributed by atoms with Crippen LogP contribution in [0.1, 0.15) is 30.9 Å². The molecule has 0 aliphatic rings. The molecule has 0 fully saturated rings. The van der Waals surface area contributed by atoms with Gasteiger partial charge in [0, 0.05) is 19.8 Å². The second kappa shape index (κ2) is 6.80. The molecule has 2 nitrogen and oxygen atoms in total. The fourth-order valence-electron chi connectivity index (χ4n) is 2.04. The van der Waals surface area contributed by atoms with Gasteiger partial charge in [0.1, 0.15) is 0 Å². The molecule has 0 bridgehead atoms. The number of aryl methyl sites for hydroxylation is 1. The molecule has 1 rings (SSSR count). The molecule has 108 valence electrons. The summed E-state index contributed by atoms with van der Waals surface area (Å²) in [6.45, 7) is 1.96. The highest BCUT2D eigenvalue weighted by atomic mass is 19.4. The third-order valence-corrected chi connectivity index (χ3v) is 3.22. The van der Waals surface area contributed by atoms with E-state index in [1.54, 1.807) is 20.2 Å². The molecule has 0 spiro atoms. The molecule has 1 aromatic carbocycles. The number of hydrogen-bond donors (Lipinski definition) is 1. The van der Waals surface area contributed by atoms with E-state index in [2.05, 4.69) is 5.32 Å². The molecular weight excluding hydrogens is 255 g/mol. The SMILES string of the molecule is CCC(CCc1cc(NC)ccc1C(F)(F)F)OC. The van der Waals surface area contributed by atoms with Gasteiger partial charge in [-0.05, 0) is 43.0 Å². The van der Waals surface area contributed by atoms with Crippen LogP contribution in [-0.2, 0) is 17.3 Å². The first-order valence-electron chi connectivity index (χ1n) is 6.33. The normalized spacial score (nSPS) is 13.4. The van der Waals surface area contributed by atoms with Crippen molar-refractivity contribution in [1.82, 2.24) is 0 Å². The Bertz CT molecular complexity index is 400. The topological polar surface area (TPSA) is 21.3 Å². The van der Waals surface area contributed by atoms with E-state index in [1.165, 1.54) is 6.07 Å². The molecule has 1 N–H and O–H groups in total. The van der Waals surface area contributed by atoms with Gasteiger partial charge in [0.25, 0.3) is 0 Å². The van der Waals surface area contributed by atoms with Gasteiger partial charge < -0.3 is 10.1 Å². The minimum atomic E-state index is -4.31. The van der Waals surface area contributed by atoms with Crippen molar-refractivity contribution < 1.29 is 17.9 Å². The highest BCUT2D eigenvalue weighted by Crippen LogP contribution is 2.34. The lowest BCUT2D eigenvalue weighted by Crippen LogP contribution is -2.14. The van der Waals surface area contributed by atoms with Crippen molar-refractivity contribution in [1.29, 1.82) is 0 Å². The number of ether oxygens (including phenoxy) is 1. The summed E-state index contributed by atoms with van der Waals surface area (Å²) in [5, 5.41) is 2.86. The Hall–Kier alpha value is -1.23. The van der Waals surface area contributed by atoms with Crippen LogP contribution in [0.2, 0.25) is 0 Å². The lowest BCUT2D eigenvalue weighted by Gasteiger charge is -2.17. The van der Waals surface area contributed by atoms with Crippen LogP contribution < -0.4 is 5.32 Å². The predicted molar refractivity (Wildman–Crippen MR) is 70.4 cm³/mol. The Labute approximate surface area is 112 Å². The van der Waals surface area contributed by atoms with E-state index in [1.807, 2.05) is 6.92 Å². The van der Waals surface area contributed by atoms with Crippen molar-refractivity contribution in [2.24, 2.45) is 0 Å². The Morgan fingerprint density at radius 3 is 2.47 bits per heavy atom. The first-order valence-corrected chi connectivity index (χ1v) is 6.33. The Kier molecular flexibility index (Phi) is 5.66. The molecule has 0 aliphatic heterocycles. The Balaban J connectivity index is 2.95. The molecule has 0 heterocycles. The van der Waals surface area contributed by atoms with E-state index in [4.69, 9.17) is 4.74 Å². The minimum Gasteiger partial charge on any atom is -0.388 e. The first-order chi connectivity index (χ1) is 8.92. The zero-order chi connectivity index (χ0) is 14.5. The molecule has 19 heavy (non-hydrogen) atoms. The summed E-state index contributed by atoms with van der Waals surface area (Å²) in [4.78, 5) is 0. The highest BCUT2D eigenvalue weighted by molar-refractivity contribution is 5.49. The molecule has 1 aromatic rings. The molecular formula is C14H20F3NO. The minimum absolute atomic E-state index is 0.000625. The quantitative estimate of drug-likeness (QED) is 0.843. The van der Waals surface area contributed by atoms with Gasteiger partial charge in [-0.25, -0.2) is 0 Å². The second-order valence-corrected chi connectivity index (χ2v) is 4.42. The number of nitrogens with one attached hydrogen (secondary N) is 1. The van der Waals surface area contributed by atoms with E-state index >= 15 is 0 Å². The van der Waals surface area contributed by atoms with Gasteiger partial charge in [-0.3, -0.25) is 0 Å². The number of anilines is 1. The summed E-state index contributed by atoms with van der Waals surface area (Å²) in [6, 6.07) is 4.14. The van der Waals surface area contributed by atoms with Crippen LogP contribution >= 0.6 is 0 Å². The molecule has 5 heteroatoms. The van der Waals surface area contributed by atoms with Crippen molar-refractivity contribution in [3.05, 3.63) is 29.3 Å². The van der Waals surface area contributed by atoms with Crippen LogP contribution in [0.15, 0.2) is 18.2 Å². The van der Waals surface area contributed by atoms with E-state index in [-0.39, 0.29) is 6.10 Å². The van der Waals surface area contributed by atoms with Crippen molar-refractivity contribution in [2.45, 2.75) is 38.5 Å². The standard InChI is InChI=1S/C14H20F3NO/c1-4-12(19-3)7-5-10-9-11(18-2)6-8-13(10)14(15,16)17/h6,8-9,12,18H,4-5,7H2,1-3H3. The number of benzene rings is 1. The van der Waals surface area contributed by atoms with Crippen LogP contribution in [0.5, 0.6) is 0 Å². The van der Waals surface area contributed by atoms with Crippen LogP contribution in [0, 0.1) is 0 Å². The van der Waals surface area contributed by atoms with E-state index in [0.29, 0.717) is 24.1 Å². The van der Waals surface area contributed by atoms with Crippen molar-refractivity contribution in [2.75, 3.05) is 19.5 Å². The van der Waals surface area contributed by atoms with Crippen LogP contribution in [0.3, 0.4) is 0 Å². The summed E-state index contributed by atoms with van der Waals surface area (Å²) < 4.78 is 44.0. The zero-order valence-electron chi connectivity index (χ0n) is 11.5. The van der Waals surface area contributed by atoms with Gasteiger partial charge in [-0.2, -0.15) is 13.2 Å². The van der Waals surface area contributed by atoms with Crippen molar-refractivity contribution >= 4 is 5.69 Å². The summed E-state index contributed by atoms with van der Waals surface area (Å²) in [5.74, 6) is 0. The van der Waals surface area contributed by atoms with Crippen LogP contribution in [0.4, 0.5) is 18.9 Å². The maximum Gasteiger partial charge on any atom is 0.416 e. The maximum absolute atomic E-state index is 12.9. The fraction of sp³-hybridized carbons (Fsp3) is 0.571. The van der Waals surface area contributed by atoms with Crippen molar-refractivity contribution in [3.8, 4) is 0 Å². The fourth-order valence-corrected chi connectivity index (χ4v) is 2.04. The number of alkyl halides is 3. The third kappa shape index (κ3) is 4.42. The number of methoxy groups -OCH3 is 1. The second-order valence-electron chi connectivity index (χ2n) is 4.42. The van der Waals surface area contributed by atoms with E-state index < -0.39 is 11.7 Å². The monoisotopic (exact) mass is 275 g/mol. The number of hydrogen-bond acceptors (Lipinski definition) is 2. The van der Waals surface area contributed by atoms with Crippen LogP contribution in [-0.4, -0.2) is 20.3 Å². The molecule has 1 unspecified atom stereocenters. The molecule has 0 saturated heterocycles. The first kappa shape index (κ1) is 15.8. The molecule has 0 saturated carbocycles. The highest BCUT2D eigenvalue weighted by Gasteiger charge is 2.33. The summed E-state index contributed by atoms with van der Waals surface area (Å²) in [7, 11) is 3.28. The average molecular weight is 275 g/mol. The number of rotatable bonds is 6.